The number of carboxylic acid groups (broad SMARTS) is 1. The fraction of sp³-hybridized carbons (Fsp3) is 0.929. The Bertz CT molecular complexity index is 210. The van der Waals surface area contributed by atoms with Crippen molar-refractivity contribution in [1.82, 2.24) is 9.80 Å². The van der Waals surface area contributed by atoms with E-state index in [1.54, 1.807) is 0 Å². The predicted octanol–water partition coefficient (Wildman–Crippen LogP) is 2.30. The van der Waals surface area contributed by atoms with Crippen molar-refractivity contribution in [1.29, 1.82) is 0 Å². The van der Waals surface area contributed by atoms with Gasteiger partial charge in [-0.15, -0.1) is 0 Å². The van der Waals surface area contributed by atoms with E-state index in [4.69, 9.17) is 5.11 Å². The standard InChI is InChI=1S/C14H30N2O2/c1-4-6-11-16(9-5-2)13-12-15(3)10-7-8-14(17)18/h4-13H2,1-3H3,(H,17,18). The molecule has 0 amide bonds. The minimum Gasteiger partial charge on any atom is -0.481 e. The molecule has 0 aliphatic rings. The van der Waals surface area contributed by atoms with Gasteiger partial charge in [0.1, 0.15) is 0 Å². The topological polar surface area (TPSA) is 43.8 Å². The van der Waals surface area contributed by atoms with Gasteiger partial charge in [-0.1, -0.05) is 20.3 Å². The van der Waals surface area contributed by atoms with Crippen molar-refractivity contribution in [3.8, 4) is 0 Å². The molecule has 0 heterocycles. The molecule has 0 aromatic rings. The van der Waals surface area contributed by atoms with Crippen LogP contribution < -0.4 is 0 Å². The molecular formula is C14H30N2O2. The number of carbonyl (C=O) groups is 1. The third-order valence-corrected chi connectivity index (χ3v) is 3.10. The lowest BCUT2D eigenvalue weighted by Gasteiger charge is -2.25. The Hall–Kier alpha value is -0.610. The summed E-state index contributed by atoms with van der Waals surface area (Å²) in [4.78, 5) is 15.2. The summed E-state index contributed by atoms with van der Waals surface area (Å²) in [6.45, 7) is 9.80. The average Bonchev–Trinajstić information content (AvgIpc) is 2.32. The zero-order chi connectivity index (χ0) is 13.8. The number of unbranched alkanes of at least 4 members (excludes halogenated alkanes) is 1. The molecule has 0 atom stereocenters. The van der Waals surface area contributed by atoms with Crippen LogP contribution in [0, 0.1) is 0 Å². The molecule has 0 aliphatic carbocycles. The Labute approximate surface area is 112 Å². The molecule has 108 valence electrons. The van der Waals surface area contributed by atoms with Gasteiger partial charge in [-0.05, 0) is 45.9 Å². The SMILES string of the molecule is CCCCN(CCC)CCN(C)CCCC(=O)O. The van der Waals surface area contributed by atoms with Gasteiger partial charge in [0.15, 0.2) is 0 Å². The molecule has 0 saturated carbocycles. The van der Waals surface area contributed by atoms with Gasteiger partial charge in [0.2, 0.25) is 0 Å². The normalized spacial score (nSPS) is 11.4. The molecule has 0 aromatic heterocycles. The Morgan fingerprint density at radius 1 is 0.944 bits per heavy atom. The van der Waals surface area contributed by atoms with E-state index in [2.05, 4.69) is 30.7 Å². The zero-order valence-corrected chi connectivity index (χ0v) is 12.3. The van der Waals surface area contributed by atoms with Gasteiger partial charge < -0.3 is 14.9 Å². The lowest BCUT2D eigenvalue weighted by Crippen LogP contribution is -2.35. The van der Waals surface area contributed by atoms with E-state index in [1.807, 2.05) is 0 Å². The lowest BCUT2D eigenvalue weighted by molar-refractivity contribution is -0.137. The predicted molar refractivity (Wildman–Crippen MR) is 76.0 cm³/mol. The maximum Gasteiger partial charge on any atom is 0.303 e. The first-order chi connectivity index (χ1) is 8.60. The van der Waals surface area contributed by atoms with Crippen LogP contribution in [-0.4, -0.2) is 60.6 Å². The van der Waals surface area contributed by atoms with Gasteiger partial charge in [0.05, 0.1) is 0 Å². The van der Waals surface area contributed by atoms with Gasteiger partial charge in [0.25, 0.3) is 0 Å². The van der Waals surface area contributed by atoms with E-state index in [-0.39, 0.29) is 6.42 Å². The molecule has 0 fully saturated rings. The molecule has 0 rings (SSSR count). The maximum atomic E-state index is 10.4. The lowest BCUT2D eigenvalue weighted by atomic mass is 10.3. The molecule has 0 bridgehead atoms. The summed E-state index contributed by atoms with van der Waals surface area (Å²) in [6, 6.07) is 0. The Kier molecular flexibility index (Phi) is 11.1. The number of hydrogen-bond acceptors (Lipinski definition) is 3. The third-order valence-electron chi connectivity index (χ3n) is 3.10. The molecule has 0 aliphatic heterocycles. The van der Waals surface area contributed by atoms with Crippen molar-refractivity contribution >= 4 is 5.97 Å². The fourth-order valence-electron chi connectivity index (χ4n) is 1.96. The van der Waals surface area contributed by atoms with E-state index < -0.39 is 5.97 Å². The highest BCUT2D eigenvalue weighted by molar-refractivity contribution is 5.66. The van der Waals surface area contributed by atoms with Crippen LogP contribution in [0.4, 0.5) is 0 Å². The summed E-state index contributed by atoms with van der Waals surface area (Å²) in [5.74, 6) is -0.695. The van der Waals surface area contributed by atoms with Gasteiger partial charge in [-0.2, -0.15) is 0 Å². The van der Waals surface area contributed by atoms with E-state index >= 15 is 0 Å². The highest BCUT2D eigenvalue weighted by Crippen LogP contribution is 1.99. The molecule has 18 heavy (non-hydrogen) atoms. The number of carboxylic acids is 1. The Balaban J connectivity index is 3.69. The average molecular weight is 258 g/mol. The van der Waals surface area contributed by atoms with E-state index in [9.17, 15) is 4.79 Å². The summed E-state index contributed by atoms with van der Waals surface area (Å²) in [5.41, 5.74) is 0. The minimum atomic E-state index is -0.695. The second kappa shape index (κ2) is 11.5. The largest absolute Gasteiger partial charge is 0.481 e. The highest BCUT2D eigenvalue weighted by Gasteiger charge is 2.06. The third kappa shape index (κ3) is 10.5. The summed E-state index contributed by atoms with van der Waals surface area (Å²) < 4.78 is 0. The second-order valence-corrected chi connectivity index (χ2v) is 5.00. The minimum absolute atomic E-state index is 0.277. The van der Waals surface area contributed by atoms with Crippen LogP contribution in [0.2, 0.25) is 0 Å². The van der Waals surface area contributed by atoms with Crippen molar-refractivity contribution < 1.29 is 9.90 Å². The zero-order valence-electron chi connectivity index (χ0n) is 12.3. The second-order valence-electron chi connectivity index (χ2n) is 5.00. The van der Waals surface area contributed by atoms with Crippen LogP contribution in [-0.2, 0) is 4.79 Å². The highest BCUT2D eigenvalue weighted by atomic mass is 16.4. The number of aliphatic carboxylic acids is 1. The number of rotatable bonds is 12. The fourth-order valence-corrected chi connectivity index (χ4v) is 1.96. The van der Waals surface area contributed by atoms with Crippen LogP contribution in [0.25, 0.3) is 0 Å². The van der Waals surface area contributed by atoms with Crippen LogP contribution >= 0.6 is 0 Å². The summed E-state index contributed by atoms with van der Waals surface area (Å²) in [7, 11) is 2.08. The summed E-state index contributed by atoms with van der Waals surface area (Å²) in [5, 5.41) is 8.58. The summed E-state index contributed by atoms with van der Waals surface area (Å²) in [6.07, 6.45) is 4.73. The molecule has 0 unspecified atom stereocenters. The molecule has 1 N–H and O–H groups in total. The molecule has 0 spiro atoms. The van der Waals surface area contributed by atoms with Crippen molar-refractivity contribution in [2.45, 2.75) is 46.0 Å². The van der Waals surface area contributed by atoms with E-state index in [0.717, 1.165) is 26.1 Å². The van der Waals surface area contributed by atoms with Crippen molar-refractivity contribution in [2.75, 3.05) is 39.8 Å². The van der Waals surface area contributed by atoms with Gasteiger partial charge in [-0.3, -0.25) is 4.79 Å². The maximum absolute atomic E-state index is 10.4. The quantitative estimate of drug-likeness (QED) is 0.583. The van der Waals surface area contributed by atoms with E-state index in [0.29, 0.717) is 0 Å². The van der Waals surface area contributed by atoms with Gasteiger partial charge in [0, 0.05) is 19.5 Å². The molecule has 4 nitrogen and oxygen atoms in total. The van der Waals surface area contributed by atoms with Crippen molar-refractivity contribution in [2.24, 2.45) is 0 Å². The van der Waals surface area contributed by atoms with Crippen LogP contribution in [0.1, 0.15) is 46.0 Å². The van der Waals surface area contributed by atoms with Crippen LogP contribution in [0.15, 0.2) is 0 Å². The molecule has 0 saturated heterocycles. The molecule has 4 heteroatoms. The molecule has 0 radical (unpaired) electrons. The van der Waals surface area contributed by atoms with E-state index in [1.165, 1.54) is 32.4 Å². The first-order valence-electron chi connectivity index (χ1n) is 7.22. The number of hydrogen-bond donors (Lipinski definition) is 1. The van der Waals surface area contributed by atoms with Crippen LogP contribution in [0.5, 0.6) is 0 Å². The monoisotopic (exact) mass is 258 g/mol. The van der Waals surface area contributed by atoms with Gasteiger partial charge >= 0.3 is 5.97 Å². The first-order valence-corrected chi connectivity index (χ1v) is 7.22. The Morgan fingerprint density at radius 2 is 1.67 bits per heavy atom. The van der Waals surface area contributed by atoms with Crippen molar-refractivity contribution in [3.05, 3.63) is 0 Å². The number of nitrogens with zero attached hydrogens (tertiary/aromatic N) is 2. The molecular weight excluding hydrogens is 228 g/mol. The van der Waals surface area contributed by atoms with Crippen molar-refractivity contribution in [3.63, 3.8) is 0 Å². The smallest absolute Gasteiger partial charge is 0.303 e. The number of likely N-dealkylation sites (N-methyl/N-ethyl adjacent to an activating group) is 1. The summed E-state index contributed by atoms with van der Waals surface area (Å²) >= 11 is 0. The Morgan fingerprint density at radius 3 is 2.22 bits per heavy atom. The van der Waals surface area contributed by atoms with Gasteiger partial charge in [-0.25, -0.2) is 0 Å². The van der Waals surface area contributed by atoms with Crippen LogP contribution in [0.3, 0.4) is 0 Å². The molecule has 0 aromatic carbocycles. The first kappa shape index (κ1) is 17.4.